The van der Waals surface area contributed by atoms with Gasteiger partial charge in [0.1, 0.15) is 0 Å². The molecule has 8 heteroatoms. The molecule has 1 fully saturated rings. The van der Waals surface area contributed by atoms with Crippen LogP contribution in [-0.4, -0.2) is 75.7 Å². The van der Waals surface area contributed by atoms with Crippen LogP contribution in [0.2, 0.25) is 0 Å². The molecular weight excluding hydrogens is 477 g/mol. The van der Waals surface area contributed by atoms with E-state index < -0.39 is 15.8 Å². The molecule has 0 spiro atoms. The van der Waals surface area contributed by atoms with E-state index in [1.54, 1.807) is 18.2 Å². The molecule has 2 N–H and O–H groups in total. The van der Waals surface area contributed by atoms with E-state index >= 15 is 0 Å². The number of ketones is 1. The third-order valence-corrected chi connectivity index (χ3v) is 7.93. The van der Waals surface area contributed by atoms with Gasteiger partial charge in [0.25, 0.3) is 0 Å². The Morgan fingerprint density at radius 3 is 2.36 bits per heavy atom. The Hall–Kier alpha value is -2.89. The number of rotatable bonds is 7. The predicted octanol–water partition coefficient (Wildman–Crippen LogP) is 1.48. The van der Waals surface area contributed by atoms with E-state index in [1.165, 1.54) is 23.3 Å². The van der Waals surface area contributed by atoms with Gasteiger partial charge in [-0.05, 0) is 0 Å². The molecule has 1 aliphatic rings. The SMILES string of the molecule is COc1ccccc1C(=O)c1cnc([As]c2ccc(N3CCN(C(C)C)CC3)cc2)nc1N. The fourth-order valence-electron chi connectivity index (χ4n) is 3.94. The number of nitrogens with zero attached hydrogens (tertiary/aromatic N) is 4. The van der Waals surface area contributed by atoms with Crippen molar-refractivity contribution in [1.82, 2.24) is 14.9 Å². The van der Waals surface area contributed by atoms with Crippen LogP contribution in [0.5, 0.6) is 5.75 Å². The van der Waals surface area contributed by atoms with E-state index in [-0.39, 0.29) is 11.6 Å². The molecular formula is C25H29AsN5O2. The maximum atomic E-state index is 12.9. The second-order valence-corrected chi connectivity index (χ2v) is 10.6. The zero-order valence-corrected chi connectivity index (χ0v) is 21.1. The van der Waals surface area contributed by atoms with Crippen molar-refractivity contribution in [2.75, 3.05) is 43.9 Å². The Morgan fingerprint density at radius 1 is 1.03 bits per heavy atom. The quantitative estimate of drug-likeness (QED) is 0.384. The van der Waals surface area contributed by atoms with E-state index in [4.69, 9.17) is 10.5 Å². The fourth-order valence-corrected chi connectivity index (χ4v) is 5.62. The average molecular weight is 506 g/mol. The van der Waals surface area contributed by atoms with Crippen LogP contribution in [0, 0.1) is 0 Å². The van der Waals surface area contributed by atoms with Crippen molar-refractivity contribution in [3.05, 3.63) is 65.9 Å². The summed E-state index contributed by atoms with van der Waals surface area (Å²) in [5.41, 5.74) is 8.14. The van der Waals surface area contributed by atoms with Gasteiger partial charge in [0.2, 0.25) is 0 Å². The Labute approximate surface area is 201 Å². The summed E-state index contributed by atoms with van der Waals surface area (Å²) in [6, 6.07) is 16.3. The van der Waals surface area contributed by atoms with Gasteiger partial charge in [-0.2, -0.15) is 0 Å². The van der Waals surface area contributed by atoms with Crippen molar-refractivity contribution in [2.24, 2.45) is 0 Å². The normalized spacial score (nSPS) is 14.8. The summed E-state index contributed by atoms with van der Waals surface area (Å²) in [5, 5.41) is 0. The molecule has 33 heavy (non-hydrogen) atoms. The van der Waals surface area contributed by atoms with Gasteiger partial charge in [-0.3, -0.25) is 0 Å². The Balaban J connectivity index is 1.43. The predicted molar refractivity (Wildman–Crippen MR) is 133 cm³/mol. The van der Waals surface area contributed by atoms with Gasteiger partial charge in [-0.15, -0.1) is 0 Å². The van der Waals surface area contributed by atoms with E-state index in [2.05, 4.69) is 57.9 Å². The maximum absolute atomic E-state index is 12.9. The van der Waals surface area contributed by atoms with Crippen LogP contribution in [0.4, 0.5) is 11.5 Å². The summed E-state index contributed by atoms with van der Waals surface area (Å²) in [4.78, 5) is 26.8. The van der Waals surface area contributed by atoms with Crippen molar-refractivity contribution < 1.29 is 9.53 Å². The first-order chi connectivity index (χ1) is 16.0. The number of hydrogen-bond acceptors (Lipinski definition) is 7. The number of para-hydroxylation sites is 1. The first-order valence-corrected chi connectivity index (χ1v) is 12.9. The fraction of sp³-hybridized carbons (Fsp3) is 0.320. The van der Waals surface area contributed by atoms with Crippen LogP contribution in [0.3, 0.4) is 0 Å². The van der Waals surface area contributed by atoms with Crippen molar-refractivity contribution in [2.45, 2.75) is 19.9 Å². The third-order valence-electron chi connectivity index (χ3n) is 5.89. The molecule has 2 heterocycles. The summed E-state index contributed by atoms with van der Waals surface area (Å²) in [7, 11) is 1.54. The second-order valence-electron chi connectivity index (χ2n) is 8.24. The zero-order chi connectivity index (χ0) is 23.4. The Morgan fingerprint density at radius 2 is 1.73 bits per heavy atom. The molecule has 7 nitrogen and oxygen atoms in total. The van der Waals surface area contributed by atoms with E-state index in [9.17, 15) is 4.79 Å². The molecule has 1 saturated heterocycles. The summed E-state index contributed by atoms with van der Waals surface area (Å²) in [6.45, 7) is 8.79. The molecule has 0 aliphatic carbocycles. The molecule has 3 aromatic rings. The molecule has 0 saturated carbocycles. The number of carbonyl (C=O) groups excluding carboxylic acids is 1. The molecule has 1 aromatic heterocycles. The molecule has 0 unspecified atom stereocenters. The number of ether oxygens (including phenoxy) is 1. The van der Waals surface area contributed by atoms with Gasteiger partial charge in [0.05, 0.1) is 0 Å². The molecule has 1 aliphatic heterocycles. The van der Waals surface area contributed by atoms with Gasteiger partial charge in [0, 0.05) is 0 Å². The number of piperazine rings is 1. The van der Waals surface area contributed by atoms with Gasteiger partial charge < -0.3 is 0 Å². The van der Waals surface area contributed by atoms with Crippen LogP contribution in [-0.2, 0) is 0 Å². The number of methoxy groups -OCH3 is 1. The van der Waals surface area contributed by atoms with Crippen molar-refractivity contribution in [3.8, 4) is 5.75 Å². The molecule has 1 radical (unpaired) electrons. The van der Waals surface area contributed by atoms with Gasteiger partial charge in [0.15, 0.2) is 0 Å². The summed E-state index contributed by atoms with van der Waals surface area (Å²) < 4.78 is 7.17. The van der Waals surface area contributed by atoms with E-state index in [1.807, 2.05) is 6.07 Å². The van der Waals surface area contributed by atoms with Crippen LogP contribution in [0.25, 0.3) is 0 Å². The number of nitrogens with two attached hydrogens (primary N) is 1. The Kier molecular flexibility index (Phi) is 7.31. The first kappa shape index (κ1) is 23.3. The molecule has 0 atom stereocenters. The molecule has 2 aromatic carbocycles. The van der Waals surface area contributed by atoms with Crippen LogP contribution in [0.15, 0.2) is 54.7 Å². The third kappa shape index (κ3) is 5.37. The number of aromatic nitrogens is 2. The summed E-state index contributed by atoms with van der Waals surface area (Å²) in [6.07, 6.45) is 1.53. The topological polar surface area (TPSA) is 84.6 Å². The monoisotopic (exact) mass is 506 g/mol. The van der Waals surface area contributed by atoms with E-state index in [0.29, 0.717) is 27.5 Å². The van der Waals surface area contributed by atoms with E-state index in [0.717, 1.165) is 26.2 Å². The first-order valence-electron chi connectivity index (χ1n) is 11.1. The van der Waals surface area contributed by atoms with Crippen molar-refractivity contribution >= 4 is 42.0 Å². The number of benzene rings is 2. The van der Waals surface area contributed by atoms with Gasteiger partial charge in [-0.1, -0.05) is 0 Å². The van der Waals surface area contributed by atoms with Crippen LogP contribution in [0.1, 0.15) is 29.8 Å². The number of anilines is 2. The number of carbonyl (C=O) groups is 1. The standard InChI is InChI=1S/C25H29AsN5O2/c1-17(2)30-12-14-31(15-13-30)19-10-8-18(9-11-19)26-25-28-16-21(24(27)29-25)23(32)20-6-4-5-7-22(20)33-3/h4-11,16-17H,12-15H2,1-3H3,(H2,27,28,29). The number of nitrogen functional groups attached to an aromatic ring is 1. The minimum atomic E-state index is -0.428. The molecule has 0 amide bonds. The summed E-state index contributed by atoms with van der Waals surface area (Å²) >= 11 is -0.428. The molecule has 171 valence electrons. The second kappa shape index (κ2) is 10.4. The molecule has 4 rings (SSSR count). The van der Waals surface area contributed by atoms with Crippen LogP contribution < -0.4 is 24.3 Å². The average Bonchev–Trinajstić information content (AvgIpc) is 2.84. The molecule has 0 bridgehead atoms. The minimum absolute atomic E-state index is 0.200. The van der Waals surface area contributed by atoms with Gasteiger partial charge >= 0.3 is 202 Å². The van der Waals surface area contributed by atoms with Crippen molar-refractivity contribution in [3.63, 3.8) is 0 Å². The van der Waals surface area contributed by atoms with Crippen LogP contribution >= 0.6 is 0 Å². The van der Waals surface area contributed by atoms with Gasteiger partial charge in [-0.25, -0.2) is 0 Å². The number of hydrogen-bond donors (Lipinski definition) is 1. The zero-order valence-electron chi connectivity index (χ0n) is 19.2. The summed E-state index contributed by atoms with van der Waals surface area (Å²) in [5.74, 6) is 0.462. The Bertz CT molecular complexity index is 1110. The van der Waals surface area contributed by atoms with Crippen molar-refractivity contribution in [1.29, 1.82) is 0 Å².